The van der Waals surface area contributed by atoms with Crippen molar-refractivity contribution in [1.82, 2.24) is 4.57 Å². The SMILES string of the molecule is O=c1c(=Cc2cccc(Cl)c2)sc2n1CN(c1cccc(Br)c1)CN=2. The molecule has 0 fully saturated rings. The Labute approximate surface area is 161 Å². The topological polar surface area (TPSA) is 37.6 Å². The number of rotatable bonds is 2. The number of aromatic nitrogens is 1. The first-order valence-electron chi connectivity index (χ1n) is 7.62. The summed E-state index contributed by atoms with van der Waals surface area (Å²) in [7, 11) is 0. The molecule has 25 heavy (non-hydrogen) atoms. The van der Waals surface area contributed by atoms with Crippen LogP contribution in [0.1, 0.15) is 5.56 Å². The highest BCUT2D eigenvalue weighted by Gasteiger charge is 2.16. The molecule has 0 saturated carbocycles. The van der Waals surface area contributed by atoms with Crippen LogP contribution in [0.25, 0.3) is 6.08 Å². The molecule has 7 heteroatoms. The van der Waals surface area contributed by atoms with Crippen molar-refractivity contribution in [3.63, 3.8) is 0 Å². The Bertz CT molecular complexity index is 1120. The molecule has 0 amide bonds. The first kappa shape index (κ1) is 16.6. The minimum Gasteiger partial charge on any atom is -0.334 e. The molecule has 0 bridgehead atoms. The van der Waals surface area contributed by atoms with Crippen molar-refractivity contribution >= 4 is 50.6 Å². The molecule has 1 aromatic heterocycles. The maximum absolute atomic E-state index is 12.8. The second kappa shape index (κ2) is 6.78. The normalized spacial score (nSPS) is 14.3. The largest absolute Gasteiger partial charge is 0.334 e. The molecule has 0 N–H and O–H groups in total. The molecule has 3 aromatic rings. The fourth-order valence-corrected chi connectivity index (χ4v) is 4.24. The summed E-state index contributed by atoms with van der Waals surface area (Å²) in [6, 6.07) is 15.5. The van der Waals surface area contributed by atoms with Gasteiger partial charge in [-0.15, -0.1) is 0 Å². The van der Waals surface area contributed by atoms with Crippen LogP contribution >= 0.6 is 38.9 Å². The summed E-state index contributed by atoms with van der Waals surface area (Å²) in [6.45, 7) is 1.03. The van der Waals surface area contributed by atoms with Gasteiger partial charge in [-0.1, -0.05) is 57.1 Å². The van der Waals surface area contributed by atoms with E-state index in [1.165, 1.54) is 11.3 Å². The molecule has 2 heterocycles. The van der Waals surface area contributed by atoms with Crippen molar-refractivity contribution in [3.8, 4) is 0 Å². The third kappa shape index (κ3) is 3.42. The Morgan fingerprint density at radius 3 is 2.84 bits per heavy atom. The molecule has 0 saturated heterocycles. The van der Waals surface area contributed by atoms with Crippen molar-refractivity contribution in [2.75, 3.05) is 11.6 Å². The summed E-state index contributed by atoms with van der Waals surface area (Å²) < 4.78 is 3.38. The zero-order valence-corrected chi connectivity index (χ0v) is 16.2. The lowest BCUT2D eigenvalue weighted by Gasteiger charge is -2.25. The summed E-state index contributed by atoms with van der Waals surface area (Å²) in [4.78, 5) is 20.1. The van der Waals surface area contributed by atoms with Crippen LogP contribution in [0.2, 0.25) is 5.02 Å². The van der Waals surface area contributed by atoms with Crippen molar-refractivity contribution in [3.05, 3.63) is 83.3 Å². The predicted octanol–water partition coefficient (Wildman–Crippen LogP) is 3.21. The molecule has 0 aliphatic carbocycles. The van der Waals surface area contributed by atoms with E-state index in [2.05, 4.69) is 25.8 Å². The van der Waals surface area contributed by atoms with E-state index in [0.717, 1.165) is 20.5 Å². The van der Waals surface area contributed by atoms with E-state index in [9.17, 15) is 4.79 Å². The molecular formula is C18H13BrClN3OS. The molecule has 126 valence electrons. The van der Waals surface area contributed by atoms with Gasteiger partial charge >= 0.3 is 0 Å². The average Bonchev–Trinajstić information content (AvgIpc) is 2.90. The number of hydrogen-bond acceptors (Lipinski definition) is 4. The van der Waals surface area contributed by atoms with Gasteiger partial charge < -0.3 is 4.90 Å². The molecule has 4 nitrogen and oxygen atoms in total. The monoisotopic (exact) mass is 433 g/mol. The molecular weight excluding hydrogens is 422 g/mol. The van der Waals surface area contributed by atoms with Gasteiger partial charge in [-0.3, -0.25) is 9.36 Å². The van der Waals surface area contributed by atoms with E-state index in [4.69, 9.17) is 11.6 Å². The molecule has 4 rings (SSSR count). The van der Waals surface area contributed by atoms with E-state index < -0.39 is 0 Å². The van der Waals surface area contributed by atoms with Crippen LogP contribution in [0.5, 0.6) is 0 Å². The number of fused-ring (bicyclic) bond motifs is 1. The first-order chi connectivity index (χ1) is 12.1. The lowest BCUT2D eigenvalue weighted by Crippen LogP contribution is -2.42. The summed E-state index contributed by atoms with van der Waals surface area (Å²) in [5, 5.41) is 0.653. The Balaban J connectivity index is 1.73. The Kier molecular flexibility index (Phi) is 4.50. The zero-order chi connectivity index (χ0) is 17.4. The van der Waals surface area contributed by atoms with Gasteiger partial charge in [0.25, 0.3) is 5.56 Å². The molecule has 1 aliphatic heterocycles. The van der Waals surface area contributed by atoms with Crippen molar-refractivity contribution in [1.29, 1.82) is 0 Å². The fraction of sp³-hybridized carbons (Fsp3) is 0.111. The van der Waals surface area contributed by atoms with Crippen LogP contribution in [0.3, 0.4) is 0 Å². The number of thiazole rings is 1. The quantitative estimate of drug-likeness (QED) is 0.621. The van der Waals surface area contributed by atoms with Crippen LogP contribution in [0.4, 0.5) is 5.69 Å². The highest BCUT2D eigenvalue weighted by Crippen LogP contribution is 2.20. The van der Waals surface area contributed by atoms with Gasteiger partial charge in [0.15, 0.2) is 4.80 Å². The van der Waals surface area contributed by atoms with Gasteiger partial charge in [0.05, 0.1) is 4.53 Å². The standard InChI is InChI=1S/C18H13BrClN3OS/c19-13-4-2-6-15(9-13)22-10-21-18-23(11-22)17(24)16(25-18)8-12-3-1-5-14(20)7-12/h1-9H,10-11H2. The maximum atomic E-state index is 12.8. The number of nitrogens with zero attached hydrogens (tertiary/aromatic N) is 3. The molecule has 0 atom stereocenters. The average molecular weight is 435 g/mol. The van der Waals surface area contributed by atoms with E-state index >= 15 is 0 Å². The summed E-state index contributed by atoms with van der Waals surface area (Å²) in [5.74, 6) is 0. The third-order valence-electron chi connectivity index (χ3n) is 3.90. The minimum atomic E-state index is -0.0246. The molecule has 0 radical (unpaired) electrons. The van der Waals surface area contributed by atoms with Crippen LogP contribution in [0.15, 0.2) is 62.8 Å². The van der Waals surface area contributed by atoms with Gasteiger partial charge in [-0.25, -0.2) is 4.99 Å². The number of halogens is 2. The lowest BCUT2D eigenvalue weighted by atomic mass is 10.2. The van der Waals surface area contributed by atoms with Gasteiger partial charge in [-0.2, -0.15) is 0 Å². The molecule has 0 unspecified atom stereocenters. The van der Waals surface area contributed by atoms with Gasteiger partial charge in [0.2, 0.25) is 0 Å². The lowest BCUT2D eigenvalue weighted by molar-refractivity contribution is 0.569. The van der Waals surface area contributed by atoms with Crippen LogP contribution in [-0.2, 0) is 6.67 Å². The van der Waals surface area contributed by atoms with E-state index in [-0.39, 0.29) is 5.56 Å². The Hall–Kier alpha value is -1.89. The molecule has 2 aromatic carbocycles. The van der Waals surface area contributed by atoms with Crippen molar-refractivity contribution in [2.45, 2.75) is 6.67 Å². The third-order valence-corrected chi connectivity index (χ3v) is 5.67. The smallest absolute Gasteiger partial charge is 0.271 e. The molecule has 0 spiro atoms. The van der Waals surface area contributed by atoms with Gasteiger partial charge in [0.1, 0.15) is 13.3 Å². The van der Waals surface area contributed by atoms with E-state index in [1.807, 2.05) is 54.6 Å². The number of benzene rings is 2. The first-order valence-corrected chi connectivity index (χ1v) is 9.61. The van der Waals surface area contributed by atoms with Crippen LogP contribution < -0.4 is 19.8 Å². The van der Waals surface area contributed by atoms with Crippen molar-refractivity contribution in [2.24, 2.45) is 4.99 Å². The summed E-state index contributed by atoms with van der Waals surface area (Å²) in [5.41, 5.74) is 1.92. The maximum Gasteiger partial charge on any atom is 0.271 e. The molecule has 1 aliphatic rings. The van der Waals surface area contributed by atoms with Gasteiger partial charge in [0, 0.05) is 15.2 Å². The fourth-order valence-electron chi connectivity index (χ4n) is 2.70. The predicted molar refractivity (Wildman–Crippen MR) is 106 cm³/mol. The second-order valence-electron chi connectivity index (χ2n) is 5.64. The number of hydrogen-bond donors (Lipinski definition) is 0. The highest BCUT2D eigenvalue weighted by molar-refractivity contribution is 9.10. The highest BCUT2D eigenvalue weighted by atomic mass is 79.9. The Morgan fingerprint density at radius 1 is 1.20 bits per heavy atom. The van der Waals surface area contributed by atoms with Crippen molar-refractivity contribution < 1.29 is 0 Å². The van der Waals surface area contributed by atoms with E-state index in [0.29, 0.717) is 22.9 Å². The van der Waals surface area contributed by atoms with Crippen LogP contribution in [0, 0.1) is 0 Å². The zero-order valence-electron chi connectivity index (χ0n) is 13.0. The second-order valence-corrected chi connectivity index (χ2v) is 8.00. The minimum absolute atomic E-state index is 0.0246. The van der Waals surface area contributed by atoms with E-state index in [1.54, 1.807) is 4.57 Å². The number of anilines is 1. The Morgan fingerprint density at radius 2 is 2.04 bits per heavy atom. The summed E-state index contributed by atoms with van der Waals surface area (Å²) in [6.07, 6.45) is 1.86. The summed E-state index contributed by atoms with van der Waals surface area (Å²) >= 11 is 10.9. The van der Waals surface area contributed by atoms with Crippen LogP contribution in [-0.4, -0.2) is 11.2 Å². The van der Waals surface area contributed by atoms with Gasteiger partial charge in [-0.05, 0) is 42.0 Å².